The lowest BCUT2D eigenvalue weighted by atomic mass is 10.1. The van der Waals surface area contributed by atoms with Crippen molar-refractivity contribution in [1.29, 1.82) is 0 Å². The number of hydrogen-bond donors (Lipinski definition) is 0. The van der Waals surface area contributed by atoms with Crippen LogP contribution in [0.5, 0.6) is 0 Å². The molecule has 0 saturated heterocycles. The largest absolute Gasteiger partial charge is 0.334 e. The van der Waals surface area contributed by atoms with Gasteiger partial charge in [0.25, 0.3) is 5.91 Å². The molecule has 3 nitrogen and oxygen atoms in total. The third-order valence-corrected chi connectivity index (χ3v) is 5.14. The van der Waals surface area contributed by atoms with Crippen molar-refractivity contribution in [3.63, 3.8) is 0 Å². The molecule has 0 unspecified atom stereocenters. The van der Waals surface area contributed by atoms with Gasteiger partial charge in [0.1, 0.15) is 0 Å². The zero-order valence-electron chi connectivity index (χ0n) is 14.4. The second-order valence-electron chi connectivity index (χ2n) is 5.97. The van der Waals surface area contributed by atoms with Crippen molar-refractivity contribution >= 4 is 17.2 Å². The molecule has 2 aromatic heterocycles. The monoisotopic (exact) mass is 350 g/mol. The van der Waals surface area contributed by atoms with Crippen LogP contribution in [0.3, 0.4) is 0 Å². The van der Waals surface area contributed by atoms with Gasteiger partial charge in [-0.15, -0.1) is 11.3 Å². The number of amides is 1. The summed E-state index contributed by atoms with van der Waals surface area (Å²) in [4.78, 5) is 20.4. The standard InChI is InChI=1S/C21H22N2OS/c1-2-17-7-9-19(10-8-17)21(24)23(13-11-20-6-4-14-25-20)16-18-5-3-12-22-15-18/h3-10,12,14-15H,2,11,13,16H2,1H3. The summed E-state index contributed by atoms with van der Waals surface area (Å²) in [6.45, 7) is 3.39. The van der Waals surface area contributed by atoms with Gasteiger partial charge in [0.15, 0.2) is 0 Å². The van der Waals surface area contributed by atoms with E-state index in [4.69, 9.17) is 0 Å². The molecular weight excluding hydrogens is 328 g/mol. The second-order valence-corrected chi connectivity index (χ2v) is 7.00. The van der Waals surface area contributed by atoms with E-state index in [-0.39, 0.29) is 5.91 Å². The number of carbonyl (C=O) groups is 1. The van der Waals surface area contributed by atoms with Gasteiger partial charge in [-0.2, -0.15) is 0 Å². The average Bonchev–Trinajstić information content (AvgIpc) is 3.19. The minimum absolute atomic E-state index is 0.0723. The predicted octanol–water partition coefficient (Wildman–Crippen LogP) is 4.59. The van der Waals surface area contributed by atoms with E-state index in [1.807, 2.05) is 47.5 Å². The van der Waals surface area contributed by atoms with E-state index in [2.05, 4.69) is 29.4 Å². The maximum Gasteiger partial charge on any atom is 0.254 e. The summed E-state index contributed by atoms with van der Waals surface area (Å²) in [5.74, 6) is 0.0723. The summed E-state index contributed by atoms with van der Waals surface area (Å²) in [7, 11) is 0. The molecule has 0 saturated carbocycles. The third-order valence-electron chi connectivity index (χ3n) is 4.20. The summed E-state index contributed by atoms with van der Waals surface area (Å²) in [6.07, 6.45) is 5.43. The molecular formula is C21H22N2OS. The Hall–Kier alpha value is -2.46. The first kappa shape index (κ1) is 17.4. The molecule has 1 aromatic carbocycles. The first-order valence-electron chi connectivity index (χ1n) is 8.55. The summed E-state index contributed by atoms with van der Waals surface area (Å²) in [6, 6.07) is 16.0. The zero-order valence-corrected chi connectivity index (χ0v) is 15.2. The number of rotatable bonds is 7. The number of thiophene rings is 1. The van der Waals surface area contributed by atoms with E-state index >= 15 is 0 Å². The van der Waals surface area contributed by atoms with Gasteiger partial charge in [-0.3, -0.25) is 9.78 Å². The van der Waals surface area contributed by atoms with E-state index in [9.17, 15) is 4.79 Å². The molecule has 3 aromatic rings. The molecule has 0 bridgehead atoms. The van der Waals surface area contributed by atoms with Gasteiger partial charge in [0.2, 0.25) is 0 Å². The van der Waals surface area contributed by atoms with E-state index < -0.39 is 0 Å². The lowest BCUT2D eigenvalue weighted by molar-refractivity contribution is 0.0745. The Morgan fingerprint density at radius 1 is 1.08 bits per heavy atom. The van der Waals surface area contributed by atoms with E-state index in [0.717, 1.165) is 24.0 Å². The van der Waals surface area contributed by atoms with E-state index in [0.29, 0.717) is 13.1 Å². The topological polar surface area (TPSA) is 33.2 Å². The molecule has 0 atom stereocenters. The molecule has 4 heteroatoms. The number of nitrogens with zero attached hydrogens (tertiary/aromatic N) is 2. The van der Waals surface area contributed by atoms with Crippen molar-refractivity contribution in [2.24, 2.45) is 0 Å². The highest BCUT2D eigenvalue weighted by molar-refractivity contribution is 7.09. The molecule has 0 aliphatic carbocycles. The highest BCUT2D eigenvalue weighted by Gasteiger charge is 2.16. The van der Waals surface area contributed by atoms with Crippen molar-refractivity contribution in [3.05, 3.63) is 87.9 Å². The average molecular weight is 350 g/mol. The Balaban J connectivity index is 1.76. The van der Waals surface area contributed by atoms with Gasteiger partial charge in [-0.05, 0) is 53.6 Å². The molecule has 1 amide bonds. The molecule has 128 valence electrons. The van der Waals surface area contributed by atoms with Crippen LogP contribution >= 0.6 is 11.3 Å². The van der Waals surface area contributed by atoms with Crippen LogP contribution in [-0.4, -0.2) is 22.3 Å². The van der Waals surface area contributed by atoms with Gasteiger partial charge in [-0.25, -0.2) is 0 Å². The number of carbonyl (C=O) groups excluding carboxylic acids is 1. The summed E-state index contributed by atoms with van der Waals surface area (Å²) in [5, 5.41) is 2.08. The van der Waals surface area contributed by atoms with E-state index in [1.54, 1.807) is 17.5 Å². The molecule has 0 radical (unpaired) electrons. The normalized spacial score (nSPS) is 10.6. The fourth-order valence-corrected chi connectivity index (χ4v) is 3.43. The maximum atomic E-state index is 13.0. The first-order chi connectivity index (χ1) is 12.3. The van der Waals surface area contributed by atoms with Crippen LogP contribution in [-0.2, 0) is 19.4 Å². The van der Waals surface area contributed by atoms with Crippen LogP contribution in [0.1, 0.15) is 33.3 Å². The van der Waals surface area contributed by atoms with Crippen molar-refractivity contribution in [2.45, 2.75) is 26.3 Å². The molecule has 0 fully saturated rings. The van der Waals surface area contributed by atoms with Gasteiger partial charge < -0.3 is 4.90 Å². The second kappa shape index (κ2) is 8.58. The Morgan fingerprint density at radius 2 is 1.92 bits per heavy atom. The van der Waals surface area contributed by atoms with Crippen LogP contribution in [0, 0.1) is 0 Å². The predicted molar refractivity (Wildman–Crippen MR) is 103 cm³/mol. The quantitative estimate of drug-likeness (QED) is 0.624. The highest BCUT2D eigenvalue weighted by Crippen LogP contribution is 2.15. The number of hydrogen-bond acceptors (Lipinski definition) is 3. The number of benzene rings is 1. The fourth-order valence-electron chi connectivity index (χ4n) is 2.73. The Labute approximate surface area is 153 Å². The summed E-state index contributed by atoms with van der Waals surface area (Å²) < 4.78 is 0. The Kier molecular flexibility index (Phi) is 5.96. The van der Waals surface area contributed by atoms with Crippen LogP contribution in [0.2, 0.25) is 0 Å². The first-order valence-corrected chi connectivity index (χ1v) is 9.43. The summed E-state index contributed by atoms with van der Waals surface area (Å²) in [5.41, 5.74) is 3.04. The molecule has 0 spiro atoms. The van der Waals surface area contributed by atoms with Crippen molar-refractivity contribution in [2.75, 3.05) is 6.54 Å². The zero-order chi connectivity index (χ0) is 17.5. The van der Waals surface area contributed by atoms with Gasteiger partial charge in [0.05, 0.1) is 0 Å². The fraction of sp³-hybridized carbons (Fsp3) is 0.238. The van der Waals surface area contributed by atoms with Gasteiger partial charge in [0, 0.05) is 35.9 Å². The SMILES string of the molecule is CCc1ccc(C(=O)N(CCc2cccs2)Cc2cccnc2)cc1. The molecule has 0 aliphatic heterocycles. The van der Waals surface area contributed by atoms with Crippen LogP contribution in [0.4, 0.5) is 0 Å². The molecule has 2 heterocycles. The lowest BCUT2D eigenvalue weighted by Gasteiger charge is -2.23. The Morgan fingerprint density at radius 3 is 2.56 bits per heavy atom. The lowest BCUT2D eigenvalue weighted by Crippen LogP contribution is -2.32. The van der Waals surface area contributed by atoms with Crippen LogP contribution < -0.4 is 0 Å². The van der Waals surface area contributed by atoms with Crippen LogP contribution in [0.15, 0.2) is 66.3 Å². The number of aryl methyl sites for hydroxylation is 1. The van der Waals surface area contributed by atoms with Crippen molar-refractivity contribution in [1.82, 2.24) is 9.88 Å². The van der Waals surface area contributed by atoms with Gasteiger partial charge in [-0.1, -0.05) is 31.2 Å². The van der Waals surface area contributed by atoms with E-state index in [1.165, 1.54) is 10.4 Å². The smallest absolute Gasteiger partial charge is 0.254 e. The van der Waals surface area contributed by atoms with Crippen LogP contribution in [0.25, 0.3) is 0 Å². The number of aromatic nitrogens is 1. The minimum atomic E-state index is 0.0723. The maximum absolute atomic E-state index is 13.0. The molecule has 0 N–H and O–H groups in total. The minimum Gasteiger partial charge on any atom is -0.334 e. The molecule has 25 heavy (non-hydrogen) atoms. The molecule has 0 aliphatic rings. The highest BCUT2D eigenvalue weighted by atomic mass is 32.1. The van der Waals surface area contributed by atoms with Gasteiger partial charge >= 0.3 is 0 Å². The number of pyridine rings is 1. The summed E-state index contributed by atoms with van der Waals surface area (Å²) >= 11 is 1.73. The Bertz CT molecular complexity index is 783. The molecule has 3 rings (SSSR count). The van der Waals surface area contributed by atoms with Crippen molar-refractivity contribution in [3.8, 4) is 0 Å². The third kappa shape index (κ3) is 4.77. The van der Waals surface area contributed by atoms with Crippen molar-refractivity contribution < 1.29 is 4.79 Å².